The van der Waals surface area contributed by atoms with E-state index >= 15 is 0 Å². The van der Waals surface area contributed by atoms with Crippen LogP contribution in [0.15, 0.2) is 59.9 Å². The van der Waals surface area contributed by atoms with Crippen LogP contribution in [0.5, 0.6) is 0 Å². The van der Waals surface area contributed by atoms with E-state index in [0.717, 1.165) is 40.9 Å². The highest BCUT2D eigenvalue weighted by molar-refractivity contribution is 5.70. The molecule has 0 bridgehead atoms. The molecule has 1 aromatic carbocycles. The Bertz CT molecular complexity index is 1540. The molecule has 0 saturated heterocycles. The van der Waals surface area contributed by atoms with Crippen LogP contribution < -0.4 is 5.69 Å². The van der Waals surface area contributed by atoms with Crippen molar-refractivity contribution in [1.29, 1.82) is 0 Å². The van der Waals surface area contributed by atoms with Crippen LogP contribution in [0, 0.1) is 0 Å². The molecule has 0 aliphatic rings. The van der Waals surface area contributed by atoms with Crippen molar-refractivity contribution in [2.24, 2.45) is 0 Å². The lowest BCUT2D eigenvalue weighted by molar-refractivity contribution is 0.349. The number of benzene rings is 1. The Morgan fingerprint density at radius 2 is 1.83 bits per heavy atom. The van der Waals surface area contributed by atoms with Gasteiger partial charge in [0.1, 0.15) is 6.33 Å². The highest BCUT2D eigenvalue weighted by Crippen LogP contribution is 2.25. The molecule has 36 heavy (non-hydrogen) atoms. The molecule has 0 radical (unpaired) electrons. The number of imidazole rings is 1. The third-order valence-corrected chi connectivity index (χ3v) is 5.90. The Hall–Kier alpha value is -4.41. The average molecular weight is 485 g/mol. The third-order valence-electron chi connectivity index (χ3n) is 5.90. The van der Waals surface area contributed by atoms with Crippen LogP contribution in [0.2, 0.25) is 0 Å². The molecule has 4 heterocycles. The van der Waals surface area contributed by atoms with Crippen molar-refractivity contribution in [3.8, 4) is 28.5 Å². The van der Waals surface area contributed by atoms with Crippen LogP contribution in [0.1, 0.15) is 45.5 Å². The molecular formula is C25H28N10O. The zero-order valence-corrected chi connectivity index (χ0v) is 20.8. The molecule has 11 heteroatoms. The van der Waals surface area contributed by atoms with Crippen LogP contribution in [0.3, 0.4) is 0 Å². The number of nitrogens with zero attached hydrogens (tertiary/aromatic N) is 9. The van der Waals surface area contributed by atoms with Crippen molar-refractivity contribution in [1.82, 2.24) is 49.5 Å². The maximum absolute atomic E-state index is 13.6. The summed E-state index contributed by atoms with van der Waals surface area (Å²) >= 11 is 0. The number of rotatable bonds is 7. The number of nitrogens with one attached hydrogen (secondary N) is 1. The van der Waals surface area contributed by atoms with E-state index in [1.165, 1.54) is 6.33 Å². The largest absolute Gasteiger partial charge is 0.335 e. The van der Waals surface area contributed by atoms with Crippen LogP contribution in [0.4, 0.5) is 0 Å². The lowest BCUT2D eigenvalue weighted by Crippen LogP contribution is -2.31. The van der Waals surface area contributed by atoms with E-state index in [4.69, 9.17) is 0 Å². The van der Waals surface area contributed by atoms with E-state index in [1.807, 2.05) is 63.4 Å². The van der Waals surface area contributed by atoms with Gasteiger partial charge >= 0.3 is 5.69 Å². The Morgan fingerprint density at radius 3 is 2.58 bits per heavy atom. The van der Waals surface area contributed by atoms with Gasteiger partial charge in [-0.05, 0) is 66.9 Å². The normalized spacial score (nSPS) is 11.8. The number of aryl methyl sites for hydroxylation is 1. The van der Waals surface area contributed by atoms with Crippen LogP contribution >= 0.6 is 0 Å². The number of aromatic nitrogens is 10. The summed E-state index contributed by atoms with van der Waals surface area (Å²) in [6, 6.07) is 11.9. The van der Waals surface area contributed by atoms with Gasteiger partial charge in [-0.25, -0.2) is 19.1 Å². The zero-order valence-electron chi connectivity index (χ0n) is 20.8. The van der Waals surface area contributed by atoms with Gasteiger partial charge < -0.3 is 0 Å². The molecule has 11 nitrogen and oxygen atoms in total. The molecule has 0 atom stereocenters. The SMILES string of the molecule is CCCc1cn(-c2ncnn2C(C)(C)C)c(=O)n1Cc1cc(-c2cccc(-c3nnn[nH]3)c2)ccn1. The second-order valence-corrected chi connectivity index (χ2v) is 9.62. The summed E-state index contributed by atoms with van der Waals surface area (Å²) in [5.74, 6) is 1.11. The molecule has 0 aliphatic heterocycles. The molecule has 0 spiro atoms. The van der Waals surface area contributed by atoms with E-state index in [-0.39, 0.29) is 11.2 Å². The predicted octanol–water partition coefficient (Wildman–Crippen LogP) is 3.23. The van der Waals surface area contributed by atoms with Gasteiger partial charge in [0.2, 0.25) is 5.95 Å². The summed E-state index contributed by atoms with van der Waals surface area (Å²) in [5.41, 5.74) is 4.12. The maximum Gasteiger partial charge on any atom is 0.335 e. The number of aromatic amines is 1. The lowest BCUT2D eigenvalue weighted by atomic mass is 10.0. The van der Waals surface area contributed by atoms with Gasteiger partial charge in [0, 0.05) is 23.7 Å². The number of pyridine rings is 1. The molecule has 0 unspecified atom stereocenters. The molecule has 184 valence electrons. The Labute approximate surface area is 207 Å². The van der Waals surface area contributed by atoms with Crippen LogP contribution in [-0.2, 0) is 18.5 Å². The molecule has 0 amide bonds. The van der Waals surface area contributed by atoms with Gasteiger partial charge in [0.25, 0.3) is 0 Å². The smallest absolute Gasteiger partial charge is 0.290 e. The van der Waals surface area contributed by atoms with Crippen LogP contribution in [0.25, 0.3) is 28.5 Å². The second-order valence-electron chi connectivity index (χ2n) is 9.62. The summed E-state index contributed by atoms with van der Waals surface area (Å²) in [4.78, 5) is 22.5. The average Bonchev–Trinajstić information content (AvgIpc) is 3.62. The Morgan fingerprint density at radius 1 is 1.03 bits per heavy atom. The first-order valence-corrected chi connectivity index (χ1v) is 11.9. The van der Waals surface area contributed by atoms with Crippen LogP contribution in [-0.4, -0.2) is 49.5 Å². The quantitative estimate of drug-likeness (QED) is 0.376. The molecule has 0 fully saturated rings. The first-order valence-electron chi connectivity index (χ1n) is 11.9. The van der Waals surface area contributed by atoms with E-state index in [2.05, 4.69) is 42.6 Å². The first-order chi connectivity index (χ1) is 17.3. The van der Waals surface area contributed by atoms with Gasteiger partial charge in [-0.15, -0.1) is 5.10 Å². The van der Waals surface area contributed by atoms with Crippen molar-refractivity contribution >= 4 is 0 Å². The summed E-state index contributed by atoms with van der Waals surface area (Å²) in [6.45, 7) is 8.54. The molecule has 5 rings (SSSR count). The minimum absolute atomic E-state index is 0.163. The van der Waals surface area contributed by atoms with E-state index in [1.54, 1.807) is 20.0 Å². The topological polar surface area (TPSA) is 125 Å². The Kier molecular flexibility index (Phi) is 6.05. The van der Waals surface area contributed by atoms with Crippen molar-refractivity contribution in [2.45, 2.75) is 52.6 Å². The van der Waals surface area contributed by atoms with Crippen molar-refractivity contribution in [3.05, 3.63) is 77.0 Å². The lowest BCUT2D eigenvalue weighted by Gasteiger charge is -2.20. The molecule has 0 saturated carbocycles. The number of H-pyrrole nitrogens is 1. The maximum atomic E-state index is 13.6. The molecule has 4 aromatic heterocycles. The molecular weight excluding hydrogens is 456 g/mol. The van der Waals surface area contributed by atoms with Crippen molar-refractivity contribution in [2.75, 3.05) is 0 Å². The van der Waals surface area contributed by atoms with Gasteiger partial charge in [0.15, 0.2) is 5.82 Å². The summed E-state index contributed by atoms with van der Waals surface area (Å²) in [7, 11) is 0. The van der Waals surface area contributed by atoms with Gasteiger partial charge in [-0.1, -0.05) is 31.5 Å². The Balaban J connectivity index is 1.51. The van der Waals surface area contributed by atoms with Gasteiger partial charge in [0.05, 0.1) is 17.8 Å². The third kappa shape index (κ3) is 4.47. The highest BCUT2D eigenvalue weighted by atomic mass is 16.2. The summed E-state index contributed by atoms with van der Waals surface area (Å²) < 4.78 is 5.13. The van der Waals surface area contributed by atoms with Crippen molar-refractivity contribution < 1.29 is 0 Å². The van der Waals surface area contributed by atoms with E-state index in [9.17, 15) is 4.79 Å². The minimum atomic E-state index is -0.315. The number of hydrogen-bond donors (Lipinski definition) is 1. The first kappa shape index (κ1) is 23.3. The fourth-order valence-electron chi connectivity index (χ4n) is 4.20. The number of tetrazole rings is 1. The molecule has 0 aliphatic carbocycles. The molecule has 1 N–H and O–H groups in total. The number of hydrogen-bond acceptors (Lipinski definition) is 7. The zero-order chi connectivity index (χ0) is 25.3. The predicted molar refractivity (Wildman–Crippen MR) is 135 cm³/mol. The standard InChI is InChI=1S/C25H28N10O/c1-5-7-21-15-34(23-27-16-28-35(23)25(2,3)4)24(36)33(21)14-20-13-18(10-11-26-20)17-8-6-9-19(12-17)22-29-31-32-30-22/h6,8-13,15-16H,5,7,14H2,1-4H3,(H,29,30,31,32). The fraction of sp³-hybridized carbons (Fsp3) is 0.320. The highest BCUT2D eigenvalue weighted by Gasteiger charge is 2.23. The van der Waals surface area contributed by atoms with Gasteiger partial charge in [-0.2, -0.15) is 10.1 Å². The minimum Gasteiger partial charge on any atom is -0.290 e. The van der Waals surface area contributed by atoms with Gasteiger partial charge in [-0.3, -0.25) is 9.55 Å². The molecule has 5 aromatic rings. The fourth-order valence-corrected chi connectivity index (χ4v) is 4.20. The second kappa shape index (κ2) is 9.33. The van der Waals surface area contributed by atoms with E-state index in [0.29, 0.717) is 18.3 Å². The van der Waals surface area contributed by atoms with E-state index < -0.39 is 0 Å². The monoisotopic (exact) mass is 484 g/mol. The van der Waals surface area contributed by atoms with Crippen molar-refractivity contribution in [3.63, 3.8) is 0 Å². The summed E-state index contributed by atoms with van der Waals surface area (Å²) in [6.07, 6.45) is 6.80. The summed E-state index contributed by atoms with van der Waals surface area (Å²) in [5, 5.41) is 18.5.